The minimum Gasteiger partial charge on any atom is -0.499 e. The van der Waals surface area contributed by atoms with Gasteiger partial charge in [0.2, 0.25) is 0 Å². The number of amides is 1. The maximum absolute atomic E-state index is 12.3. The van der Waals surface area contributed by atoms with Crippen LogP contribution in [0.15, 0.2) is 67.5 Å². The van der Waals surface area contributed by atoms with Gasteiger partial charge in [-0.05, 0) is 32.3 Å². The van der Waals surface area contributed by atoms with Gasteiger partial charge >= 0.3 is 6.09 Å². The molecule has 1 aromatic rings. The van der Waals surface area contributed by atoms with E-state index in [-0.39, 0.29) is 13.2 Å². The van der Waals surface area contributed by atoms with Gasteiger partial charge in [0.25, 0.3) is 0 Å². The van der Waals surface area contributed by atoms with E-state index in [9.17, 15) is 4.79 Å². The Morgan fingerprint density at radius 1 is 1.17 bits per heavy atom. The molecule has 0 aromatic heterocycles. The van der Waals surface area contributed by atoms with Crippen molar-refractivity contribution >= 4 is 6.09 Å². The Morgan fingerprint density at radius 2 is 1.75 bits per heavy atom. The summed E-state index contributed by atoms with van der Waals surface area (Å²) in [5, 5.41) is 2.94. The average Bonchev–Trinajstić information content (AvgIpc) is 2.50. The van der Waals surface area contributed by atoms with Crippen LogP contribution in [0.5, 0.6) is 0 Å². The van der Waals surface area contributed by atoms with Crippen molar-refractivity contribution in [3.8, 4) is 0 Å². The first-order valence-electron chi connectivity index (χ1n) is 7.87. The molecule has 0 saturated carbocycles. The molecule has 130 valence electrons. The van der Waals surface area contributed by atoms with Crippen LogP contribution in [-0.4, -0.2) is 18.2 Å². The predicted octanol–water partition coefficient (Wildman–Crippen LogP) is 4.74. The van der Waals surface area contributed by atoms with E-state index in [0.717, 1.165) is 16.7 Å². The monoisotopic (exact) mass is 329 g/mol. The normalized spacial score (nSPS) is 10.6. The molecule has 0 fully saturated rings. The van der Waals surface area contributed by atoms with Crippen molar-refractivity contribution in [2.75, 3.05) is 6.61 Å². The molecule has 1 rings (SSSR count). The molecule has 1 aromatic carbocycles. The fraction of sp³-hybridized carbons (Fsp3) is 0.350. The van der Waals surface area contributed by atoms with Crippen LogP contribution < -0.4 is 5.32 Å². The Kier molecular flexibility index (Phi) is 7.83. The van der Waals surface area contributed by atoms with Gasteiger partial charge in [-0.1, -0.05) is 48.1 Å². The van der Waals surface area contributed by atoms with E-state index in [1.54, 1.807) is 0 Å². The van der Waals surface area contributed by atoms with Crippen molar-refractivity contribution in [1.82, 2.24) is 5.32 Å². The van der Waals surface area contributed by atoms with Crippen LogP contribution in [0.2, 0.25) is 0 Å². The van der Waals surface area contributed by atoms with Gasteiger partial charge in [-0.2, -0.15) is 0 Å². The number of hydrogen-bond donors (Lipinski definition) is 1. The van der Waals surface area contributed by atoms with Crippen LogP contribution in [0.1, 0.15) is 32.3 Å². The highest BCUT2D eigenvalue weighted by molar-refractivity contribution is 5.68. The first-order valence-corrected chi connectivity index (χ1v) is 7.87. The number of nitrogens with one attached hydrogen (secondary N) is 1. The number of ether oxygens (including phenoxy) is 2. The van der Waals surface area contributed by atoms with Gasteiger partial charge < -0.3 is 14.8 Å². The molecule has 1 amide bonds. The van der Waals surface area contributed by atoms with E-state index < -0.39 is 11.6 Å². The highest BCUT2D eigenvalue weighted by Crippen LogP contribution is 2.24. The maximum Gasteiger partial charge on any atom is 0.408 e. The van der Waals surface area contributed by atoms with Gasteiger partial charge in [-0.15, -0.1) is 13.2 Å². The Balaban J connectivity index is 2.79. The Labute approximate surface area is 144 Å². The average molecular weight is 329 g/mol. The van der Waals surface area contributed by atoms with Gasteiger partial charge in [0.1, 0.15) is 13.2 Å². The first-order chi connectivity index (χ1) is 11.4. The molecule has 0 spiro atoms. The van der Waals surface area contributed by atoms with E-state index in [0.29, 0.717) is 12.8 Å². The first kappa shape index (κ1) is 19.6. The summed E-state index contributed by atoms with van der Waals surface area (Å²) in [5.74, 6) is 0. The summed E-state index contributed by atoms with van der Waals surface area (Å²) >= 11 is 0. The molecule has 0 bridgehead atoms. The number of rotatable bonds is 10. The molecule has 4 nitrogen and oxygen atoms in total. The zero-order chi connectivity index (χ0) is 18.0. The van der Waals surface area contributed by atoms with E-state index in [1.165, 1.54) is 6.26 Å². The van der Waals surface area contributed by atoms with Crippen LogP contribution in [0.25, 0.3) is 0 Å². The van der Waals surface area contributed by atoms with Crippen LogP contribution in [0.3, 0.4) is 0 Å². The second-order valence-electron chi connectivity index (χ2n) is 6.21. The Hall–Kier alpha value is -2.49. The number of carbonyl (C=O) groups excluding carboxylic acids is 1. The smallest absolute Gasteiger partial charge is 0.408 e. The molecule has 0 heterocycles. The number of benzene rings is 1. The molecule has 0 atom stereocenters. The largest absolute Gasteiger partial charge is 0.499 e. The minimum absolute atomic E-state index is 0.214. The molecule has 1 N–H and O–H groups in total. The van der Waals surface area contributed by atoms with Gasteiger partial charge in [0.15, 0.2) is 0 Å². The summed E-state index contributed by atoms with van der Waals surface area (Å²) < 4.78 is 10.7. The fourth-order valence-electron chi connectivity index (χ4n) is 2.64. The van der Waals surface area contributed by atoms with Crippen molar-refractivity contribution in [2.45, 2.75) is 38.8 Å². The summed E-state index contributed by atoms with van der Waals surface area (Å²) in [4.78, 5) is 12.3. The van der Waals surface area contributed by atoms with E-state index in [4.69, 9.17) is 9.47 Å². The second kappa shape index (κ2) is 9.60. The highest BCUT2D eigenvalue weighted by atomic mass is 16.5. The van der Waals surface area contributed by atoms with Crippen LogP contribution in [0.4, 0.5) is 4.79 Å². The van der Waals surface area contributed by atoms with Crippen molar-refractivity contribution in [1.29, 1.82) is 0 Å². The zero-order valence-electron chi connectivity index (χ0n) is 14.6. The number of alkyl carbamates (subject to hydrolysis) is 1. The maximum atomic E-state index is 12.3. The lowest BCUT2D eigenvalue weighted by Gasteiger charge is -2.34. The predicted molar refractivity (Wildman–Crippen MR) is 97.5 cm³/mol. The minimum atomic E-state index is -0.653. The quantitative estimate of drug-likeness (QED) is 0.498. The molecule has 0 radical (unpaired) electrons. The van der Waals surface area contributed by atoms with E-state index in [2.05, 4.69) is 25.1 Å². The molecule has 24 heavy (non-hydrogen) atoms. The molecule has 4 heteroatoms. The topological polar surface area (TPSA) is 47.6 Å². The Bertz CT molecular complexity index is 562. The third-order valence-corrected chi connectivity index (χ3v) is 3.34. The summed E-state index contributed by atoms with van der Waals surface area (Å²) in [6.45, 7) is 15.8. The zero-order valence-corrected chi connectivity index (χ0v) is 14.6. The second-order valence-corrected chi connectivity index (χ2v) is 6.21. The fourth-order valence-corrected chi connectivity index (χ4v) is 2.64. The van der Waals surface area contributed by atoms with E-state index in [1.807, 2.05) is 44.2 Å². The third-order valence-electron chi connectivity index (χ3n) is 3.34. The lowest BCUT2D eigenvalue weighted by Crippen LogP contribution is -2.52. The molecular formula is C20H27NO3. The van der Waals surface area contributed by atoms with Crippen LogP contribution >= 0.6 is 0 Å². The van der Waals surface area contributed by atoms with Gasteiger partial charge in [0.05, 0.1) is 11.8 Å². The van der Waals surface area contributed by atoms with Gasteiger partial charge in [-0.25, -0.2) is 4.79 Å². The summed E-state index contributed by atoms with van der Waals surface area (Å²) in [5.41, 5.74) is 2.15. The summed E-state index contributed by atoms with van der Waals surface area (Å²) in [6, 6.07) is 9.54. The number of carbonyl (C=O) groups is 1. The SMILES string of the molecule is C=COCC(CC(=C)C)(CC(=C)C)NC(=O)OCc1ccccc1. The molecular weight excluding hydrogens is 302 g/mol. The van der Waals surface area contributed by atoms with Gasteiger partial charge in [-0.3, -0.25) is 0 Å². The molecule has 0 saturated heterocycles. The highest BCUT2D eigenvalue weighted by Gasteiger charge is 2.33. The standard InChI is InChI=1S/C20H27NO3/c1-6-23-15-20(12-16(2)3,13-17(4)5)21-19(22)24-14-18-10-8-7-9-11-18/h6-11H,1-2,4,12-15H2,3,5H3,(H,21,22). The van der Waals surface area contributed by atoms with Crippen molar-refractivity contribution in [3.05, 3.63) is 73.0 Å². The molecule has 0 aliphatic heterocycles. The number of hydrogen-bond acceptors (Lipinski definition) is 3. The van der Waals surface area contributed by atoms with Crippen molar-refractivity contribution < 1.29 is 14.3 Å². The van der Waals surface area contributed by atoms with Crippen LogP contribution in [-0.2, 0) is 16.1 Å². The van der Waals surface area contributed by atoms with Gasteiger partial charge in [0, 0.05) is 0 Å². The lowest BCUT2D eigenvalue weighted by atomic mass is 9.86. The summed E-state index contributed by atoms with van der Waals surface area (Å²) in [6.07, 6.45) is 2.00. The van der Waals surface area contributed by atoms with Crippen molar-refractivity contribution in [2.24, 2.45) is 0 Å². The molecule has 0 unspecified atom stereocenters. The van der Waals surface area contributed by atoms with Crippen molar-refractivity contribution in [3.63, 3.8) is 0 Å². The van der Waals surface area contributed by atoms with E-state index >= 15 is 0 Å². The lowest BCUT2D eigenvalue weighted by molar-refractivity contribution is 0.0998. The molecule has 0 aliphatic carbocycles. The van der Waals surface area contributed by atoms with Crippen LogP contribution in [0, 0.1) is 0 Å². The molecule has 0 aliphatic rings. The summed E-state index contributed by atoms with van der Waals surface area (Å²) in [7, 11) is 0. The Morgan fingerprint density at radius 3 is 2.25 bits per heavy atom. The third kappa shape index (κ3) is 7.18.